The van der Waals surface area contributed by atoms with E-state index in [0.29, 0.717) is 11.3 Å². The van der Waals surface area contributed by atoms with Gasteiger partial charge in [-0.25, -0.2) is 0 Å². The van der Waals surface area contributed by atoms with Crippen molar-refractivity contribution in [2.45, 2.75) is 31.1 Å². The molecule has 4 heteroatoms. The Labute approximate surface area is 83.1 Å². The van der Waals surface area contributed by atoms with Gasteiger partial charge in [0.15, 0.2) is 0 Å². The molecule has 1 rings (SSSR count). The molecule has 3 atom stereocenters. The molecule has 78 valence electrons. The molecular weight excluding hydrogens is 184 g/mol. The van der Waals surface area contributed by atoms with E-state index in [1.807, 2.05) is 6.92 Å². The van der Waals surface area contributed by atoms with Crippen molar-refractivity contribution in [1.29, 1.82) is 0 Å². The SMILES string of the molecule is CC(CCN1CCC(N)C1)S(C)=O. The third-order valence-corrected chi connectivity index (χ3v) is 4.10. The highest BCUT2D eigenvalue weighted by Gasteiger charge is 2.19. The lowest BCUT2D eigenvalue weighted by molar-refractivity contribution is 0.329. The summed E-state index contributed by atoms with van der Waals surface area (Å²) in [6.07, 6.45) is 3.92. The summed E-state index contributed by atoms with van der Waals surface area (Å²) in [6.45, 7) is 5.23. The van der Waals surface area contributed by atoms with Gasteiger partial charge in [0.2, 0.25) is 0 Å². The Morgan fingerprint density at radius 1 is 1.69 bits per heavy atom. The van der Waals surface area contributed by atoms with Crippen LogP contribution in [0, 0.1) is 0 Å². The van der Waals surface area contributed by atoms with Gasteiger partial charge in [0.05, 0.1) is 0 Å². The molecule has 3 nitrogen and oxygen atoms in total. The van der Waals surface area contributed by atoms with E-state index in [1.54, 1.807) is 6.26 Å². The average molecular weight is 204 g/mol. The minimum absolute atomic E-state index is 0.317. The van der Waals surface area contributed by atoms with Crippen LogP contribution in [0.1, 0.15) is 19.8 Å². The number of nitrogens with two attached hydrogens (primary N) is 1. The summed E-state index contributed by atoms with van der Waals surface area (Å²) >= 11 is 0. The van der Waals surface area contributed by atoms with Crippen molar-refractivity contribution in [2.75, 3.05) is 25.9 Å². The molecule has 0 aromatic rings. The van der Waals surface area contributed by atoms with Gasteiger partial charge in [-0.15, -0.1) is 0 Å². The first-order chi connectivity index (χ1) is 6.09. The van der Waals surface area contributed by atoms with Gasteiger partial charge in [0, 0.05) is 34.9 Å². The molecule has 0 aromatic heterocycles. The van der Waals surface area contributed by atoms with Crippen molar-refractivity contribution in [1.82, 2.24) is 4.90 Å². The summed E-state index contributed by atoms with van der Waals surface area (Å²) in [7, 11) is -0.677. The fourth-order valence-electron chi connectivity index (χ4n) is 1.60. The molecule has 0 aromatic carbocycles. The van der Waals surface area contributed by atoms with E-state index in [1.165, 1.54) is 0 Å². The van der Waals surface area contributed by atoms with Crippen LogP contribution in [0.5, 0.6) is 0 Å². The van der Waals surface area contributed by atoms with Crippen LogP contribution in [0.2, 0.25) is 0 Å². The van der Waals surface area contributed by atoms with Crippen LogP contribution in [-0.4, -0.2) is 46.3 Å². The van der Waals surface area contributed by atoms with Gasteiger partial charge in [-0.1, -0.05) is 6.92 Å². The fraction of sp³-hybridized carbons (Fsp3) is 1.00. The Morgan fingerprint density at radius 3 is 2.85 bits per heavy atom. The summed E-state index contributed by atoms with van der Waals surface area (Å²) in [6, 6.07) is 0.363. The number of hydrogen-bond acceptors (Lipinski definition) is 3. The maximum Gasteiger partial charge on any atom is 0.0329 e. The van der Waals surface area contributed by atoms with Gasteiger partial charge in [-0.2, -0.15) is 0 Å². The third-order valence-electron chi connectivity index (χ3n) is 2.73. The first-order valence-electron chi connectivity index (χ1n) is 4.89. The third kappa shape index (κ3) is 3.75. The maximum atomic E-state index is 11.1. The topological polar surface area (TPSA) is 46.3 Å². The summed E-state index contributed by atoms with van der Waals surface area (Å²) in [4.78, 5) is 2.37. The van der Waals surface area contributed by atoms with E-state index >= 15 is 0 Å². The fourth-order valence-corrected chi connectivity index (χ4v) is 2.03. The first-order valence-corrected chi connectivity index (χ1v) is 6.52. The molecule has 0 bridgehead atoms. The second-order valence-electron chi connectivity index (χ2n) is 3.95. The number of nitrogens with zero attached hydrogens (tertiary/aromatic N) is 1. The highest BCUT2D eigenvalue weighted by Crippen LogP contribution is 2.09. The normalized spacial score (nSPS) is 29.0. The molecule has 2 N–H and O–H groups in total. The molecule has 13 heavy (non-hydrogen) atoms. The molecule has 0 saturated carbocycles. The lowest BCUT2D eigenvalue weighted by Crippen LogP contribution is -2.29. The number of likely N-dealkylation sites (tertiary alicyclic amines) is 1. The van der Waals surface area contributed by atoms with Crippen molar-refractivity contribution >= 4 is 10.8 Å². The van der Waals surface area contributed by atoms with Crippen LogP contribution in [0.3, 0.4) is 0 Å². The summed E-state index contributed by atoms with van der Waals surface area (Å²) in [5.74, 6) is 0. The number of rotatable bonds is 4. The van der Waals surface area contributed by atoms with Crippen LogP contribution >= 0.6 is 0 Å². The molecule has 0 amide bonds. The van der Waals surface area contributed by atoms with Crippen LogP contribution in [0.25, 0.3) is 0 Å². The Morgan fingerprint density at radius 2 is 2.38 bits per heavy atom. The van der Waals surface area contributed by atoms with Crippen molar-refractivity contribution < 1.29 is 4.21 Å². The van der Waals surface area contributed by atoms with E-state index in [9.17, 15) is 4.21 Å². The first kappa shape index (κ1) is 11.1. The monoisotopic (exact) mass is 204 g/mol. The largest absolute Gasteiger partial charge is 0.326 e. The summed E-state index contributed by atoms with van der Waals surface area (Å²) < 4.78 is 11.1. The van der Waals surface area contributed by atoms with Crippen molar-refractivity contribution in [3.63, 3.8) is 0 Å². The average Bonchev–Trinajstić information content (AvgIpc) is 2.47. The Kier molecular flexibility index (Phi) is 4.35. The molecule has 1 saturated heterocycles. The predicted octanol–water partition coefficient (Wildman–Crippen LogP) is 0.177. The van der Waals surface area contributed by atoms with Crippen LogP contribution in [0.4, 0.5) is 0 Å². The molecule has 1 aliphatic heterocycles. The highest BCUT2D eigenvalue weighted by atomic mass is 32.2. The van der Waals surface area contributed by atoms with E-state index in [4.69, 9.17) is 5.73 Å². The highest BCUT2D eigenvalue weighted by molar-refractivity contribution is 7.84. The quantitative estimate of drug-likeness (QED) is 0.710. The molecule has 1 fully saturated rings. The zero-order valence-corrected chi connectivity index (χ0v) is 9.35. The lowest BCUT2D eigenvalue weighted by Gasteiger charge is -2.16. The summed E-state index contributed by atoms with van der Waals surface area (Å²) in [5.41, 5.74) is 5.79. The van der Waals surface area contributed by atoms with Crippen LogP contribution in [0.15, 0.2) is 0 Å². The zero-order chi connectivity index (χ0) is 9.84. The smallest absolute Gasteiger partial charge is 0.0329 e. The molecule has 1 heterocycles. The van der Waals surface area contributed by atoms with Gasteiger partial charge < -0.3 is 10.6 Å². The Hall–Kier alpha value is 0.0700. The van der Waals surface area contributed by atoms with Gasteiger partial charge in [0.25, 0.3) is 0 Å². The second-order valence-corrected chi connectivity index (χ2v) is 5.75. The maximum absolute atomic E-state index is 11.1. The van der Waals surface area contributed by atoms with E-state index in [-0.39, 0.29) is 0 Å². The standard InChI is InChI=1S/C9H20N2OS/c1-8(13(2)12)3-5-11-6-4-9(10)7-11/h8-9H,3-7,10H2,1-2H3. The zero-order valence-electron chi connectivity index (χ0n) is 8.53. The Bertz CT molecular complexity index is 186. The molecule has 0 spiro atoms. The van der Waals surface area contributed by atoms with Crippen LogP contribution < -0.4 is 5.73 Å². The molecule has 0 radical (unpaired) electrons. The van der Waals surface area contributed by atoms with Crippen molar-refractivity contribution in [3.8, 4) is 0 Å². The van der Waals surface area contributed by atoms with Crippen molar-refractivity contribution in [2.24, 2.45) is 5.73 Å². The van der Waals surface area contributed by atoms with Crippen molar-refractivity contribution in [3.05, 3.63) is 0 Å². The van der Waals surface area contributed by atoms with Gasteiger partial charge in [-0.05, 0) is 25.9 Å². The summed E-state index contributed by atoms with van der Waals surface area (Å²) in [5, 5.41) is 0.317. The minimum Gasteiger partial charge on any atom is -0.326 e. The van der Waals surface area contributed by atoms with Gasteiger partial charge in [-0.3, -0.25) is 4.21 Å². The van der Waals surface area contributed by atoms with Gasteiger partial charge >= 0.3 is 0 Å². The van der Waals surface area contributed by atoms with E-state index in [2.05, 4.69) is 4.90 Å². The molecule has 1 aliphatic rings. The van der Waals surface area contributed by atoms with Crippen LogP contribution in [-0.2, 0) is 10.8 Å². The lowest BCUT2D eigenvalue weighted by atomic mass is 10.3. The Balaban J connectivity index is 2.16. The molecular formula is C9H20N2OS. The van der Waals surface area contributed by atoms with Gasteiger partial charge in [0.1, 0.15) is 0 Å². The second kappa shape index (κ2) is 5.08. The molecule has 0 aliphatic carbocycles. The predicted molar refractivity (Wildman–Crippen MR) is 57.2 cm³/mol. The number of hydrogen-bond donors (Lipinski definition) is 1. The minimum atomic E-state index is -0.677. The molecule has 3 unspecified atom stereocenters. The van der Waals surface area contributed by atoms with E-state index < -0.39 is 10.8 Å². The van der Waals surface area contributed by atoms with E-state index in [0.717, 1.165) is 32.5 Å².